The Labute approximate surface area is 190 Å². The van der Waals surface area contributed by atoms with E-state index < -0.39 is 23.2 Å². The van der Waals surface area contributed by atoms with E-state index in [0.29, 0.717) is 28.2 Å². The third kappa shape index (κ3) is 5.42. The van der Waals surface area contributed by atoms with Crippen molar-refractivity contribution in [3.05, 3.63) is 42.0 Å². The van der Waals surface area contributed by atoms with Crippen LogP contribution in [0.25, 0.3) is 16.9 Å². The monoisotopic (exact) mass is 455 g/mol. The number of aromatic nitrogens is 4. The highest BCUT2D eigenvalue weighted by Gasteiger charge is 2.28. The number of alkyl halides is 1. The number of halogens is 1. The molecule has 0 aliphatic heterocycles. The van der Waals surface area contributed by atoms with Crippen LogP contribution in [0.5, 0.6) is 0 Å². The van der Waals surface area contributed by atoms with Crippen LogP contribution in [0, 0.1) is 11.3 Å². The topological polar surface area (TPSA) is 148 Å². The Hall–Kier alpha value is -3.62. The minimum atomic E-state index is -1.66. The highest BCUT2D eigenvalue weighted by Crippen LogP contribution is 2.28. The molecule has 3 heterocycles. The second-order valence-corrected chi connectivity index (χ2v) is 8.89. The molecule has 4 N–H and O–H groups in total. The van der Waals surface area contributed by atoms with Gasteiger partial charge in [0.25, 0.3) is 5.91 Å². The van der Waals surface area contributed by atoms with Crippen LogP contribution in [0.3, 0.4) is 0 Å². The predicted molar refractivity (Wildman–Crippen MR) is 119 cm³/mol. The number of pyridine rings is 1. The molecule has 0 aliphatic carbocycles. The van der Waals surface area contributed by atoms with Gasteiger partial charge in [-0.25, -0.2) is 13.9 Å². The van der Waals surface area contributed by atoms with Crippen molar-refractivity contribution in [3.63, 3.8) is 0 Å². The van der Waals surface area contributed by atoms with Crippen molar-refractivity contribution in [2.45, 2.75) is 45.0 Å². The zero-order valence-corrected chi connectivity index (χ0v) is 18.8. The minimum absolute atomic E-state index is 0.138. The van der Waals surface area contributed by atoms with Gasteiger partial charge in [0, 0.05) is 12.4 Å². The van der Waals surface area contributed by atoms with Gasteiger partial charge in [-0.1, -0.05) is 0 Å². The first-order chi connectivity index (χ1) is 15.4. The van der Waals surface area contributed by atoms with Crippen LogP contribution in [-0.2, 0) is 0 Å². The second kappa shape index (κ2) is 9.09. The van der Waals surface area contributed by atoms with Gasteiger partial charge < -0.3 is 20.8 Å². The van der Waals surface area contributed by atoms with Gasteiger partial charge in [0.1, 0.15) is 12.2 Å². The summed E-state index contributed by atoms with van der Waals surface area (Å²) in [6.45, 7) is 5.54. The molecule has 0 bridgehead atoms. The molecule has 3 aromatic rings. The number of carbonyl (C=O) groups excluding carboxylic acids is 1. The van der Waals surface area contributed by atoms with E-state index in [0.717, 1.165) is 0 Å². The molecular weight excluding hydrogens is 429 g/mol. The van der Waals surface area contributed by atoms with Crippen LogP contribution in [0.4, 0.5) is 10.1 Å². The lowest BCUT2D eigenvalue weighted by Crippen LogP contribution is -2.42. The third-order valence-corrected chi connectivity index (χ3v) is 4.99. The Bertz CT molecular complexity index is 1210. The quantitative estimate of drug-likeness (QED) is 0.401. The van der Waals surface area contributed by atoms with Gasteiger partial charge in [0.15, 0.2) is 5.65 Å². The molecule has 10 nitrogen and oxygen atoms in total. The van der Waals surface area contributed by atoms with Crippen molar-refractivity contribution >= 4 is 17.2 Å². The number of nitrogens with zero attached hydrogens (tertiary/aromatic N) is 5. The molecular formula is C22H26FN7O3. The molecule has 0 aromatic carbocycles. The Morgan fingerprint density at radius 3 is 2.64 bits per heavy atom. The summed E-state index contributed by atoms with van der Waals surface area (Å²) < 4.78 is 15.6. The summed E-state index contributed by atoms with van der Waals surface area (Å²) in [6.07, 6.45) is 4.18. The number of hydrogen-bond acceptors (Lipinski definition) is 8. The van der Waals surface area contributed by atoms with Crippen LogP contribution in [0.1, 0.15) is 43.6 Å². The highest BCUT2D eigenvalue weighted by atomic mass is 19.1. The third-order valence-electron chi connectivity index (χ3n) is 4.99. The van der Waals surface area contributed by atoms with Gasteiger partial charge in [-0.3, -0.25) is 9.78 Å². The smallest absolute Gasteiger partial charge is 0.255 e. The summed E-state index contributed by atoms with van der Waals surface area (Å²) in [5.41, 5.74) is -0.0284. The number of rotatable bonds is 8. The van der Waals surface area contributed by atoms with E-state index in [1.54, 1.807) is 26.1 Å². The van der Waals surface area contributed by atoms with Crippen molar-refractivity contribution in [1.29, 1.82) is 5.26 Å². The zero-order chi connectivity index (χ0) is 24.4. The lowest BCUT2D eigenvalue weighted by Gasteiger charge is -2.27. The number of aliphatic hydroxyl groups is 2. The Morgan fingerprint density at radius 1 is 1.27 bits per heavy atom. The first-order valence-corrected chi connectivity index (χ1v) is 10.2. The molecule has 0 spiro atoms. The van der Waals surface area contributed by atoms with Crippen LogP contribution >= 0.6 is 0 Å². The van der Waals surface area contributed by atoms with Gasteiger partial charge in [0.2, 0.25) is 0 Å². The van der Waals surface area contributed by atoms with Crippen LogP contribution < -0.4 is 10.6 Å². The molecule has 174 valence electrons. The molecule has 1 atom stereocenters. The first kappa shape index (κ1) is 24.0. The lowest BCUT2D eigenvalue weighted by molar-refractivity contribution is -0.00177. The fraction of sp³-hybridized carbons (Fsp3) is 0.409. The standard InChI is InChI=1S/C22H26FN7O3/c1-21(2,12-31)29-17-5-16(14-9-28-30-11-13(6-24)7-26-19(14)30)25-8-15(17)20(32)27-10-18(23)22(3,4)33/h5,7-9,11,18,31,33H,10,12H2,1-4H3,(H,25,29)(H,27,32). The summed E-state index contributed by atoms with van der Waals surface area (Å²) in [6, 6.07) is 3.62. The number of carbonyl (C=O) groups is 1. The second-order valence-electron chi connectivity index (χ2n) is 8.89. The van der Waals surface area contributed by atoms with Crippen molar-refractivity contribution in [3.8, 4) is 17.3 Å². The van der Waals surface area contributed by atoms with E-state index >= 15 is 0 Å². The molecule has 1 amide bonds. The maximum Gasteiger partial charge on any atom is 0.255 e. The summed E-state index contributed by atoms with van der Waals surface area (Å²) >= 11 is 0. The molecule has 0 saturated carbocycles. The normalized spacial score (nSPS) is 12.9. The summed E-state index contributed by atoms with van der Waals surface area (Å²) in [5.74, 6) is -0.589. The average Bonchev–Trinajstić information content (AvgIpc) is 3.19. The van der Waals surface area contributed by atoms with E-state index in [-0.39, 0.29) is 18.7 Å². The number of nitriles is 1. The maximum atomic E-state index is 14.1. The summed E-state index contributed by atoms with van der Waals surface area (Å²) in [7, 11) is 0. The Morgan fingerprint density at radius 2 is 2.00 bits per heavy atom. The molecule has 0 radical (unpaired) electrons. The van der Waals surface area contributed by atoms with Crippen LogP contribution in [-0.4, -0.2) is 66.2 Å². The number of nitrogens with one attached hydrogen (secondary N) is 2. The molecule has 33 heavy (non-hydrogen) atoms. The highest BCUT2D eigenvalue weighted by molar-refractivity contribution is 6.00. The lowest BCUT2D eigenvalue weighted by atomic mass is 10.0. The molecule has 1 unspecified atom stereocenters. The number of anilines is 1. The molecule has 3 aromatic heterocycles. The van der Waals surface area contributed by atoms with Gasteiger partial charge in [-0.2, -0.15) is 10.4 Å². The predicted octanol–water partition coefficient (Wildman–Crippen LogP) is 1.68. The number of amides is 1. The Kier molecular flexibility index (Phi) is 6.62. The van der Waals surface area contributed by atoms with E-state index in [9.17, 15) is 19.4 Å². The van der Waals surface area contributed by atoms with Crippen molar-refractivity contribution in [2.75, 3.05) is 18.5 Å². The SMILES string of the molecule is CC(C)(CO)Nc1cc(-c2cnn3cc(C#N)cnc23)ncc1C(=O)NCC(F)C(C)(C)O. The molecule has 11 heteroatoms. The van der Waals surface area contributed by atoms with E-state index in [2.05, 4.69) is 25.7 Å². The van der Waals surface area contributed by atoms with Crippen LogP contribution in [0.2, 0.25) is 0 Å². The summed E-state index contributed by atoms with van der Waals surface area (Å²) in [5, 5.41) is 38.3. The number of fused-ring (bicyclic) bond motifs is 1. The molecule has 0 aliphatic rings. The van der Waals surface area contributed by atoms with Gasteiger partial charge in [0.05, 0.1) is 64.8 Å². The number of aliphatic hydroxyl groups excluding tert-OH is 1. The van der Waals surface area contributed by atoms with Crippen molar-refractivity contribution in [1.82, 2.24) is 24.9 Å². The zero-order valence-electron chi connectivity index (χ0n) is 18.8. The van der Waals surface area contributed by atoms with E-state index in [1.165, 1.54) is 37.0 Å². The molecule has 0 saturated heterocycles. The van der Waals surface area contributed by atoms with E-state index in [4.69, 9.17) is 5.26 Å². The van der Waals surface area contributed by atoms with Gasteiger partial charge in [-0.05, 0) is 33.8 Å². The van der Waals surface area contributed by atoms with Gasteiger partial charge in [-0.15, -0.1) is 0 Å². The fourth-order valence-electron chi connectivity index (χ4n) is 2.93. The first-order valence-electron chi connectivity index (χ1n) is 10.2. The van der Waals surface area contributed by atoms with Crippen molar-refractivity contribution in [2.24, 2.45) is 0 Å². The van der Waals surface area contributed by atoms with E-state index in [1.807, 2.05) is 6.07 Å². The largest absolute Gasteiger partial charge is 0.394 e. The average molecular weight is 455 g/mol. The molecule has 0 fully saturated rings. The van der Waals surface area contributed by atoms with Gasteiger partial charge >= 0.3 is 0 Å². The minimum Gasteiger partial charge on any atom is -0.394 e. The fourth-order valence-corrected chi connectivity index (χ4v) is 2.93. The van der Waals surface area contributed by atoms with Crippen molar-refractivity contribution < 1.29 is 19.4 Å². The maximum absolute atomic E-state index is 14.1. The number of hydrogen-bond donors (Lipinski definition) is 4. The molecule has 3 rings (SSSR count). The van der Waals surface area contributed by atoms with Crippen LogP contribution in [0.15, 0.2) is 30.9 Å². The summed E-state index contributed by atoms with van der Waals surface area (Å²) in [4.78, 5) is 21.4. The Balaban J connectivity index is 1.99.